The molecule has 4 aromatic carbocycles. The Hall–Kier alpha value is -13.2. The summed E-state index contributed by atoms with van der Waals surface area (Å²) < 4.78 is 12.2. The minimum atomic E-state index is -0.950. The van der Waals surface area contributed by atoms with Crippen LogP contribution in [0.25, 0.3) is 0 Å². The van der Waals surface area contributed by atoms with Gasteiger partial charge in [-0.1, -0.05) is 149 Å². The van der Waals surface area contributed by atoms with Gasteiger partial charge in [0.2, 0.25) is 5.28 Å². The maximum Gasteiger partial charge on any atom is 0.338 e. The number of fused-ring (bicyclic) bond motifs is 2. The first-order valence-electron chi connectivity index (χ1n) is 34.1. The number of aromatic carboxylic acids is 1. The lowest BCUT2D eigenvalue weighted by Gasteiger charge is -2.09. The van der Waals surface area contributed by atoms with E-state index in [1.807, 2.05) is 147 Å². The quantitative estimate of drug-likeness (QED) is 0.0341. The van der Waals surface area contributed by atoms with E-state index in [-0.39, 0.29) is 57.1 Å². The number of nitrogen functional groups attached to an aromatic ring is 3. The summed E-state index contributed by atoms with van der Waals surface area (Å²) in [5, 5.41) is 28.3. The number of H-pyrrole nitrogens is 2. The number of carboxylic acids is 1. The number of benzene rings is 4. The fourth-order valence-electron chi connectivity index (χ4n) is 11.2. The van der Waals surface area contributed by atoms with Crippen molar-refractivity contribution in [2.45, 2.75) is 119 Å². The summed E-state index contributed by atoms with van der Waals surface area (Å²) in [7, 11) is 0. The molecule has 0 bridgehead atoms. The Balaban J connectivity index is 0.000000145. The lowest BCUT2D eigenvalue weighted by molar-refractivity contribution is 0.0696. The summed E-state index contributed by atoms with van der Waals surface area (Å²) in [6, 6.07) is 39.8. The van der Waals surface area contributed by atoms with E-state index in [1.165, 1.54) is 34.3 Å². The molecule has 0 fully saturated rings. The van der Waals surface area contributed by atoms with Gasteiger partial charge in [0.1, 0.15) is 23.0 Å². The molecule has 32 heteroatoms. The SMILES string of the molecule is CCCn1c(=O)[nH]c(N)c(N)c1=O.CCCn1c(=O)[nH]c(N)c(NC(=O)c2cnn(Cc3ccccc3)c2)c1=O.CCCn1c(Cl)nc2c(c1=O)CC(c1cnn(Cc3ccccc3)c1)=N2.CCCn1cnc2c(c1=O)CC(c1cnn(Cc3ccccc3)c1)=N2.O=C(O)c1cnn(Cc2ccccc2)c1. The molecular formula is C74H79ClN22O9. The van der Waals surface area contributed by atoms with E-state index < -0.39 is 34.4 Å². The lowest BCUT2D eigenvalue weighted by Crippen LogP contribution is -2.38. The smallest absolute Gasteiger partial charge is 0.338 e. The van der Waals surface area contributed by atoms with Crippen molar-refractivity contribution in [1.82, 2.24) is 77.3 Å². The molecule has 12 aromatic rings. The zero-order valence-electron chi connectivity index (χ0n) is 58.6. The summed E-state index contributed by atoms with van der Waals surface area (Å²) in [6.45, 7) is 12.1. The molecule has 2 aliphatic rings. The highest BCUT2D eigenvalue weighted by molar-refractivity contribution is 6.28. The molecule has 1 amide bonds. The largest absolute Gasteiger partial charge is 0.478 e. The predicted molar refractivity (Wildman–Crippen MR) is 405 cm³/mol. The molecular weight excluding hydrogens is 1380 g/mol. The second-order valence-corrected chi connectivity index (χ2v) is 24.8. The number of hydrogen-bond acceptors (Lipinski definition) is 19. The molecule has 10 heterocycles. The third kappa shape index (κ3) is 19.1. The number of aromatic amines is 2. The summed E-state index contributed by atoms with van der Waals surface area (Å²) in [6.07, 6.45) is 18.9. The average Bonchev–Trinajstić information content (AvgIpc) is 1.60. The van der Waals surface area contributed by atoms with E-state index >= 15 is 0 Å². The van der Waals surface area contributed by atoms with Gasteiger partial charge in [-0.2, -0.15) is 25.4 Å². The van der Waals surface area contributed by atoms with E-state index in [0.717, 1.165) is 55.7 Å². The number of amides is 1. The number of rotatable bonds is 21. The number of carbonyl (C=O) groups excluding carboxylic acids is 1. The van der Waals surface area contributed by atoms with Crippen molar-refractivity contribution in [3.8, 4) is 0 Å². The maximum absolute atomic E-state index is 12.6. The van der Waals surface area contributed by atoms with Crippen LogP contribution in [0, 0.1) is 0 Å². The van der Waals surface area contributed by atoms with E-state index in [9.17, 15) is 38.4 Å². The van der Waals surface area contributed by atoms with Gasteiger partial charge >= 0.3 is 17.3 Å². The number of halogens is 1. The molecule has 2 aliphatic heterocycles. The van der Waals surface area contributed by atoms with E-state index in [4.69, 9.17) is 33.9 Å². The number of nitrogens with one attached hydrogen (secondary N) is 3. The standard InChI is InChI=1S/C19H18ClN5O.C19H19N5O.C18H20N6O3.C11H10N2O2.C7H12N4O2/c1-2-8-25-18(26)15-9-16(22-17(15)23-19(25)20)14-10-21-24(12-14)11-13-6-4-3-5-7-13;1-2-8-23-13-20-18-16(19(23)25)9-17(22-18)15-10-21-24(12-15)11-14-6-4-3-5-7-14;1-2-8-24-17(26)14(15(19)22-18(24)27)21-16(25)13-9-20-23(11-13)10-12-6-4-3-5-7-12;14-11(15)10-6-12-13(8-10)7-9-4-2-1-3-5-9;1-2-3-11-6(12)4(8)5(9)10-7(11)13/h3-7,10,12H,2,8-9,11H2,1H3;3-7,10,12-13H,2,8-9,11H2,1H3;3-7,9,11H,2,8,10,19H2,1H3,(H,21,25)(H,22,27);1-6,8H,7H2,(H,14,15);2-3,8-9H2,1H3,(H,10,13). The van der Waals surface area contributed by atoms with Crippen molar-refractivity contribution >= 4 is 69.5 Å². The Kier molecular flexibility index (Phi) is 25.4. The number of aromatic nitrogens is 16. The molecule has 8 aromatic heterocycles. The van der Waals surface area contributed by atoms with Gasteiger partial charge in [0, 0.05) is 74.9 Å². The van der Waals surface area contributed by atoms with Gasteiger partial charge in [-0.15, -0.1) is 0 Å². The maximum atomic E-state index is 12.6. The number of carbonyl (C=O) groups is 2. The van der Waals surface area contributed by atoms with E-state index in [1.54, 1.807) is 38.8 Å². The molecule has 546 valence electrons. The fourth-order valence-corrected chi connectivity index (χ4v) is 11.4. The molecule has 0 aliphatic carbocycles. The average molecular weight is 1460 g/mol. The highest BCUT2D eigenvalue weighted by Crippen LogP contribution is 2.27. The van der Waals surface area contributed by atoms with E-state index in [2.05, 4.69) is 79.9 Å². The van der Waals surface area contributed by atoms with Gasteiger partial charge in [-0.25, -0.2) is 29.4 Å². The van der Waals surface area contributed by atoms with E-state index in [0.29, 0.717) is 94.3 Å². The van der Waals surface area contributed by atoms with Crippen molar-refractivity contribution in [3.05, 3.63) is 301 Å². The molecule has 0 atom stereocenters. The number of nitrogens with zero attached hydrogens (tertiary/aromatic N) is 16. The van der Waals surface area contributed by atoms with Crippen molar-refractivity contribution in [2.24, 2.45) is 9.98 Å². The number of anilines is 4. The zero-order valence-corrected chi connectivity index (χ0v) is 59.4. The number of nitrogens with two attached hydrogens (primary N) is 3. The third-order valence-electron chi connectivity index (χ3n) is 16.4. The normalized spacial score (nSPS) is 11.6. The van der Waals surface area contributed by atoms with Gasteiger partial charge in [0.25, 0.3) is 28.1 Å². The minimum absolute atomic E-state index is 0.0160. The molecule has 0 spiro atoms. The summed E-state index contributed by atoms with van der Waals surface area (Å²) in [5.74, 6) is -0.756. The molecule has 0 unspecified atom stereocenters. The Morgan fingerprint density at radius 2 is 0.896 bits per heavy atom. The van der Waals surface area contributed by atoms with Crippen molar-refractivity contribution in [3.63, 3.8) is 0 Å². The summed E-state index contributed by atoms with van der Waals surface area (Å²) >= 11 is 6.15. The van der Waals surface area contributed by atoms with Gasteiger partial charge in [-0.3, -0.25) is 70.9 Å². The fraction of sp³-hybridized carbons (Fsp3) is 0.243. The first kappa shape index (κ1) is 75.5. The van der Waals surface area contributed by atoms with Gasteiger partial charge in [0.15, 0.2) is 11.6 Å². The van der Waals surface area contributed by atoms with Crippen molar-refractivity contribution in [1.29, 1.82) is 0 Å². The molecule has 31 nitrogen and oxygen atoms in total. The van der Waals surface area contributed by atoms with Crippen molar-refractivity contribution in [2.75, 3.05) is 22.5 Å². The second kappa shape index (κ2) is 35.6. The third-order valence-corrected chi connectivity index (χ3v) is 16.7. The molecule has 14 rings (SSSR count). The van der Waals surface area contributed by atoms with Crippen LogP contribution in [-0.4, -0.2) is 106 Å². The Morgan fingerprint density at radius 1 is 0.491 bits per heavy atom. The Morgan fingerprint density at radius 3 is 1.36 bits per heavy atom. The van der Waals surface area contributed by atoms with Crippen LogP contribution >= 0.6 is 11.6 Å². The predicted octanol–water partition coefficient (Wildman–Crippen LogP) is 7.57. The van der Waals surface area contributed by atoms with Crippen LogP contribution in [-0.2, 0) is 65.2 Å². The minimum Gasteiger partial charge on any atom is -0.478 e. The topological polar surface area (TPSA) is 420 Å². The Labute approximate surface area is 610 Å². The van der Waals surface area contributed by atoms with Crippen LogP contribution < -0.4 is 56.1 Å². The van der Waals surface area contributed by atoms with Crippen LogP contribution in [0.15, 0.2) is 216 Å². The summed E-state index contributed by atoms with van der Waals surface area (Å²) in [5.41, 5.74) is 23.5. The van der Waals surface area contributed by atoms with Gasteiger partial charge in [-0.05, 0) is 59.5 Å². The number of carboxylic acid groups (broad SMARTS) is 1. The first-order chi connectivity index (χ1) is 51.2. The molecule has 0 saturated carbocycles. The number of aryl methyl sites for hydroxylation is 1. The van der Waals surface area contributed by atoms with Gasteiger partial charge in [0.05, 0.1) is 91.0 Å². The van der Waals surface area contributed by atoms with Crippen molar-refractivity contribution < 1.29 is 14.7 Å². The highest BCUT2D eigenvalue weighted by atomic mass is 35.5. The molecule has 0 radical (unpaired) electrons. The van der Waals surface area contributed by atoms with Crippen LogP contribution in [0.5, 0.6) is 0 Å². The number of hydrogen-bond donors (Lipinski definition) is 7. The summed E-state index contributed by atoms with van der Waals surface area (Å²) in [4.78, 5) is 117. The lowest BCUT2D eigenvalue weighted by atomic mass is 10.1. The highest BCUT2D eigenvalue weighted by Gasteiger charge is 2.26. The Bertz CT molecular complexity index is 5500. The molecule has 0 saturated heterocycles. The van der Waals surface area contributed by atoms with Crippen LogP contribution in [0.3, 0.4) is 0 Å². The van der Waals surface area contributed by atoms with Crippen LogP contribution in [0.4, 0.5) is 34.6 Å². The van der Waals surface area contributed by atoms with Crippen LogP contribution in [0.2, 0.25) is 5.28 Å². The molecule has 106 heavy (non-hydrogen) atoms. The first-order valence-corrected chi connectivity index (χ1v) is 34.4. The monoisotopic (exact) mass is 1450 g/mol. The number of aliphatic imine (C=N–C) groups is 2. The second-order valence-electron chi connectivity index (χ2n) is 24.5. The van der Waals surface area contributed by atoms with Crippen LogP contribution in [0.1, 0.15) is 119 Å². The zero-order chi connectivity index (χ0) is 75.4. The molecule has 10 N–H and O–H groups in total. The van der Waals surface area contributed by atoms with Gasteiger partial charge < -0.3 is 27.6 Å².